The zero-order valence-electron chi connectivity index (χ0n) is 7.77. The van der Waals surface area contributed by atoms with E-state index in [2.05, 4.69) is 4.98 Å². The molecule has 1 aromatic rings. The standard InChI is InChI=1S/C8H12N2O2S2/c1-5-4-13-8(10-5)14-6(2-3-9)7(11)12/h4,6H,2-3,9H2,1H3,(H,11,12). The monoisotopic (exact) mass is 232 g/mol. The van der Waals surface area contributed by atoms with Crippen LogP contribution in [-0.2, 0) is 4.79 Å². The quantitative estimate of drug-likeness (QED) is 0.749. The number of thiazole rings is 1. The van der Waals surface area contributed by atoms with E-state index in [1.807, 2.05) is 12.3 Å². The highest BCUT2D eigenvalue weighted by Gasteiger charge is 2.19. The van der Waals surface area contributed by atoms with Gasteiger partial charge in [0.15, 0.2) is 4.34 Å². The predicted octanol–water partition coefficient (Wildman–Crippen LogP) is 1.35. The summed E-state index contributed by atoms with van der Waals surface area (Å²) in [4.78, 5) is 15.0. The van der Waals surface area contributed by atoms with E-state index in [1.54, 1.807) is 0 Å². The molecule has 0 bridgehead atoms. The third-order valence-corrected chi connectivity index (χ3v) is 3.89. The fraction of sp³-hybridized carbons (Fsp3) is 0.500. The highest BCUT2D eigenvalue weighted by molar-refractivity contribution is 8.02. The van der Waals surface area contributed by atoms with E-state index in [-0.39, 0.29) is 0 Å². The summed E-state index contributed by atoms with van der Waals surface area (Å²) in [6.07, 6.45) is 0.471. The summed E-state index contributed by atoms with van der Waals surface area (Å²) in [6, 6.07) is 0. The first-order valence-corrected chi connectivity index (χ1v) is 5.91. The fourth-order valence-corrected chi connectivity index (χ4v) is 2.92. The number of carboxylic acids is 1. The maximum atomic E-state index is 10.8. The lowest BCUT2D eigenvalue weighted by molar-refractivity contribution is -0.136. The Bertz CT molecular complexity index is 314. The summed E-state index contributed by atoms with van der Waals surface area (Å²) in [6.45, 7) is 2.27. The summed E-state index contributed by atoms with van der Waals surface area (Å²) in [5, 5.41) is 10.3. The Balaban J connectivity index is 2.59. The molecule has 0 radical (unpaired) electrons. The van der Waals surface area contributed by atoms with Crippen LogP contribution in [0.3, 0.4) is 0 Å². The number of aromatic nitrogens is 1. The van der Waals surface area contributed by atoms with Crippen LogP contribution in [0.15, 0.2) is 9.72 Å². The van der Waals surface area contributed by atoms with Gasteiger partial charge in [0, 0.05) is 11.1 Å². The summed E-state index contributed by atoms with van der Waals surface area (Å²) in [5.41, 5.74) is 6.26. The van der Waals surface area contributed by atoms with E-state index in [0.717, 1.165) is 10.0 Å². The van der Waals surface area contributed by atoms with Gasteiger partial charge in [0.25, 0.3) is 0 Å². The van der Waals surface area contributed by atoms with Crippen molar-refractivity contribution in [3.63, 3.8) is 0 Å². The van der Waals surface area contributed by atoms with E-state index >= 15 is 0 Å². The first-order valence-electron chi connectivity index (χ1n) is 4.15. The second kappa shape index (κ2) is 5.33. The summed E-state index contributed by atoms with van der Waals surface area (Å²) in [7, 11) is 0. The van der Waals surface area contributed by atoms with Gasteiger partial charge < -0.3 is 10.8 Å². The van der Waals surface area contributed by atoms with Crippen LogP contribution in [0, 0.1) is 6.92 Å². The van der Waals surface area contributed by atoms with Gasteiger partial charge in [-0.05, 0) is 19.9 Å². The molecule has 0 fully saturated rings. The zero-order valence-corrected chi connectivity index (χ0v) is 9.40. The van der Waals surface area contributed by atoms with Crippen molar-refractivity contribution in [3.8, 4) is 0 Å². The minimum Gasteiger partial charge on any atom is -0.480 e. The third-order valence-electron chi connectivity index (χ3n) is 1.55. The van der Waals surface area contributed by atoms with Gasteiger partial charge in [0.2, 0.25) is 0 Å². The maximum absolute atomic E-state index is 10.8. The van der Waals surface area contributed by atoms with Gasteiger partial charge in [-0.1, -0.05) is 11.8 Å². The van der Waals surface area contributed by atoms with Crippen LogP contribution < -0.4 is 5.73 Å². The van der Waals surface area contributed by atoms with Gasteiger partial charge in [-0.3, -0.25) is 4.79 Å². The number of hydrogen-bond acceptors (Lipinski definition) is 5. The predicted molar refractivity (Wildman–Crippen MR) is 57.8 cm³/mol. The molecule has 0 aromatic carbocycles. The number of hydrogen-bond donors (Lipinski definition) is 2. The number of nitrogens with zero attached hydrogens (tertiary/aromatic N) is 1. The molecule has 3 N–H and O–H groups in total. The maximum Gasteiger partial charge on any atom is 0.317 e. The molecule has 14 heavy (non-hydrogen) atoms. The molecule has 1 heterocycles. The first kappa shape index (κ1) is 11.5. The second-order valence-corrected chi connectivity index (χ2v) is 5.08. The highest BCUT2D eigenvalue weighted by Crippen LogP contribution is 2.28. The molecular weight excluding hydrogens is 220 g/mol. The van der Waals surface area contributed by atoms with Crippen LogP contribution in [0.25, 0.3) is 0 Å². The average Bonchev–Trinajstić information content (AvgIpc) is 2.50. The summed E-state index contributed by atoms with van der Waals surface area (Å²) < 4.78 is 0.795. The molecule has 78 valence electrons. The van der Waals surface area contributed by atoms with Crippen LogP contribution in [0.5, 0.6) is 0 Å². The Hall–Kier alpha value is -0.590. The molecule has 0 amide bonds. The molecular formula is C8H12N2O2S2. The molecule has 0 saturated heterocycles. The highest BCUT2D eigenvalue weighted by atomic mass is 32.2. The van der Waals surface area contributed by atoms with E-state index < -0.39 is 11.2 Å². The number of aryl methyl sites for hydroxylation is 1. The Morgan fingerprint density at radius 1 is 1.86 bits per heavy atom. The number of carbonyl (C=O) groups is 1. The number of rotatable bonds is 5. The van der Waals surface area contributed by atoms with E-state index in [1.165, 1.54) is 23.1 Å². The number of thioether (sulfide) groups is 1. The molecule has 1 atom stereocenters. The van der Waals surface area contributed by atoms with Crippen molar-refractivity contribution in [2.75, 3.05) is 6.54 Å². The lowest BCUT2D eigenvalue weighted by Crippen LogP contribution is -2.20. The van der Waals surface area contributed by atoms with Crippen molar-refractivity contribution < 1.29 is 9.90 Å². The average molecular weight is 232 g/mol. The Kier molecular flexibility index (Phi) is 4.37. The topological polar surface area (TPSA) is 76.2 Å². The SMILES string of the molecule is Cc1csc(SC(CCN)C(=O)O)n1. The van der Waals surface area contributed by atoms with Crippen molar-refractivity contribution in [1.29, 1.82) is 0 Å². The number of nitrogens with two attached hydrogens (primary N) is 1. The van der Waals surface area contributed by atoms with Gasteiger partial charge in [-0.15, -0.1) is 11.3 Å². The molecule has 1 unspecified atom stereocenters. The number of carboxylic acid groups (broad SMARTS) is 1. The lowest BCUT2D eigenvalue weighted by atomic mass is 10.3. The van der Waals surface area contributed by atoms with Gasteiger partial charge in [-0.2, -0.15) is 0 Å². The van der Waals surface area contributed by atoms with Crippen molar-refractivity contribution in [2.24, 2.45) is 5.73 Å². The molecule has 0 spiro atoms. The molecule has 1 aromatic heterocycles. The molecule has 0 aliphatic heterocycles. The first-order chi connectivity index (χ1) is 6.63. The fourth-order valence-electron chi connectivity index (χ4n) is 0.892. The van der Waals surface area contributed by atoms with Gasteiger partial charge in [0.05, 0.1) is 0 Å². The molecule has 1 rings (SSSR count). The van der Waals surface area contributed by atoms with Crippen LogP contribution in [0.2, 0.25) is 0 Å². The van der Waals surface area contributed by atoms with Gasteiger partial charge in [0.1, 0.15) is 5.25 Å². The Morgan fingerprint density at radius 3 is 3.00 bits per heavy atom. The largest absolute Gasteiger partial charge is 0.480 e. The third kappa shape index (κ3) is 3.28. The van der Waals surface area contributed by atoms with Crippen LogP contribution >= 0.6 is 23.1 Å². The minimum absolute atomic E-state index is 0.383. The summed E-state index contributed by atoms with van der Waals surface area (Å²) in [5.74, 6) is -0.826. The van der Waals surface area contributed by atoms with Crippen molar-refractivity contribution in [1.82, 2.24) is 4.98 Å². The molecule has 0 saturated carbocycles. The van der Waals surface area contributed by atoms with Gasteiger partial charge in [-0.25, -0.2) is 4.98 Å². The molecule has 0 aliphatic carbocycles. The summed E-state index contributed by atoms with van der Waals surface area (Å²) >= 11 is 2.74. The second-order valence-electron chi connectivity index (χ2n) is 2.78. The number of aliphatic carboxylic acids is 1. The minimum atomic E-state index is -0.826. The Labute approximate surface area is 90.5 Å². The van der Waals surface area contributed by atoms with Crippen LogP contribution in [0.1, 0.15) is 12.1 Å². The molecule has 6 heteroatoms. The molecule has 0 aliphatic rings. The normalized spacial score (nSPS) is 12.7. The van der Waals surface area contributed by atoms with Crippen molar-refractivity contribution >= 4 is 29.1 Å². The van der Waals surface area contributed by atoms with Crippen LogP contribution in [-0.4, -0.2) is 27.9 Å². The lowest BCUT2D eigenvalue weighted by Gasteiger charge is -2.07. The van der Waals surface area contributed by atoms with E-state index in [4.69, 9.17) is 10.8 Å². The van der Waals surface area contributed by atoms with E-state index in [9.17, 15) is 4.79 Å². The zero-order chi connectivity index (χ0) is 10.6. The van der Waals surface area contributed by atoms with Crippen molar-refractivity contribution in [3.05, 3.63) is 11.1 Å². The smallest absolute Gasteiger partial charge is 0.317 e. The Morgan fingerprint density at radius 2 is 2.57 bits per heavy atom. The van der Waals surface area contributed by atoms with Gasteiger partial charge >= 0.3 is 5.97 Å². The van der Waals surface area contributed by atoms with Crippen molar-refractivity contribution in [2.45, 2.75) is 22.9 Å². The van der Waals surface area contributed by atoms with E-state index in [0.29, 0.717) is 13.0 Å². The molecule has 4 nitrogen and oxygen atoms in total. The van der Waals surface area contributed by atoms with Crippen LogP contribution in [0.4, 0.5) is 0 Å².